The number of hydrogen-bond acceptors (Lipinski definition) is 5. The van der Waals surface area contributed by atoms with Gasteiger partial charge in [-0.25, -0.2) is 9.36 Å². The third-order valence-corrected chi connectivity index (χ3v) is 3.88. The van der Waals surface area contributed by atoms with Gasteiger partial charge in [-0.1, -0.05) is 0 Å². The van der Waals surface area contributed by atoms with Crippen LogP contribution in [0.25, 0.3) is 11.0 Å². The molecule has 0 spiro atoms. The van der Waals surface area contributed by atoms with Gasteiger partial charge in [0.05, 0.1) is 7.11 Å². The first-order chi connectivity index (χ1) is 9.78. The molecule has 0 saturated heterocycles. The van der Waals surface area contributed by atoms with Crippen LogP contribution in [-0.4, -0.2) is 34.6 Å². The lowest BCUT2D eigenvalue weighted by Crippen LogP contribution is -2.27. The third-order valence-electron chi connectivity index (χ3n) is 2.96. The molecule has 0 N–H and O–H groups in total. The maximum absolute atomic E-state index is 12.5. The van der Waals surface area contributed by atoms with Crippen LogP contribution in [0.5, 0.6) is 5.88 Å². The van der Waals surface area contributed by atoms with Crippen LogP contribution in [-0.2, 0) is 4.74 Å². The van der Waals surface area contributed by atoms with Crippen LogP contribution >= 0.6 is 11.8 Å². The van der Waals surface area contributed by atoms with Gasteiger partial charge in [-0.15, -0.1) is 11.8 Å². The SMILES string of the molecule is COc1ccc2c(SC)c(C)n(C(=O)OC(C)(C)C)c2n1. The highest BCUT2D eigenvalue weighted by atomic mass is 32.2. The first-order valence-electron chi connectivity index (χ1n) is 6.62. The average Bonchev–Trinajstić information content (AvgIpc) is 2.67. The van der Waals surface area contributed by atoms with Gasteiger partial charge >= 0.3 is 6.09 Å². The molecule has 0 aliphatic rings. The van der Waals surface area contributed by atoms with Crippen LogP contribution in [0.15, 0.2) is 17.0 Å². The van der Waals surface area contributed by atoms with Crippen molar-refractivity contribution in [1.82, 2.24) is 9.55 Å². The number of thioether (sulfide) groups is 1. The molecular formula is C15H20N2O3S. The quantitative estimate of drug-likeness (QED) is 0.789. The number of fused-ring (bicyclic) bond motifs is 1. The van der Waals surface area contributed by atoms with Crippen LogP contribution < -0.4 is 4.74 Å². The first-order valence-corrected chi connectivity index (χ1v) is 7.84. The van der Waals surface area contributed by atoms with Crippen molar-refractivity contribution in [3.8, 4) is 5.88 Å². The van der Waals surface area contributed by atoms with E-state index in [2.05, 4.69) is 4.98 Å². The minimum absolute atomic E-state index is 0.425. The summed E-state index contributed by atoms with van der Waals surface area (Å²) in [4.78, 5) is 17.9. The zero-order valence-corrected chi connectivity index (χ0v) is 14.0. The van der Waals surface area contributed by atoms with E-state index in [0.717, 1.165) is 16.0 Å². The van der Waals surface area contributed by atoms with E-state index >= 15 is 0 Å². The van der Waals surface area contributed by atoms with Gasteiger partial charge in [0, 0.05) is 22.0 Å². The minimum Gasteiger partial charge on any atom is -0.481 e. The lowest BCUT2D eigenvalue weighted by Gasteiger charge is -2.20. The van der Waals surface area contributed by atoms with E-state index in [0.29, 0.717) is 11.5 Å². The summed E-state index contributed by atoms with van der Waals surface area (Å²) in [5, 5.41) is 0.923. The second-order valence-electron chi connectivity index (χ2n) is 5.66. The molecule has 21 heavy (non-hydrogen) atoms. The molecule has 2 aromatic heterocycles. The van der Waals surface area contributed by atoms with Gasteiger partial charge in [-0.3, -0.25) is 0 Å². The molecule has 2 heterocycles. The van der Waals surface area contributed by atoms with Crippen LogP contribution in [0.4, 0.5) is 4.79 Å². The highest BCUT2D eigenvalue weighted by Crippen LogP contribution is 2.33. The smallest absolute Gasteiger partial charge is 0.420 e. The molecule has 0 amide bonds. The number of nitrogens with zero attached hydrogens (tertiary/aromatic N) is 2. The summed E-state index contributed by atoms with van der Waals surface area (Å²) in [6.45, 7) is 7.42. The fourth-order valence-corrected chi connectivity index (χ4v) is 2.90. The van der Waals surface area contributed by atoms with E-state index < -0.39 is 11.7 Å². The van der Waals surface area contributed by atoms with Crippen molar-refractivity contribution in [1.29, 1.82) is 0 Å². The lowest BCUT2D eigenvalue weighted by atomic mass is 10.2. The first kappa shape index (κ1) is 15.7. The fourth-order valence-electron chi connectivity index (χ4n) is 2.14. The standard InChI is InChI=1S/C15H20N2O3S/c1-9-12(21-6)10-7-8-11(19-5)16-13(10)17(9)14(18)20-15(2,3)4/h7-8H,1-6H3. The molecule has 0 atom stereocenters. The van der Waals surface area contributed by atoms with Gasteiger partial charge in [-0.2, -0.15) is 4.98 Å². The highest BCUT2D eigenvalue weighted by molar-refractivity contribution is 7.98. The molecular weight excluding hydrogens is 288 g/mol. The molecule has 0 radical (unpaired) electrons. The molecule has 0 unspecified atom stereocenters. The Bertz CT molecular complexity index is 686. The summed E-state index contributed by atoms with van der Waals surface area (Å²) >= 11 is 1.59. The highest BCUT2D eigenvalue weighted by Gasteiger charge is 2.24. The number of pyridine rings is 1. The molecule has 0 bridgehead atoms. The Hall–Kier alpha value is -1.69. The van der Waals surface area contributed by atoms with Crippen LogP contribution in [0.1, 0.15) is 26.5 Å². The summed E-state index contributed by atoms with van der Waals surface area (Å²) in [7, 11) is 1.55. The van der Waals surface area contributed by atoms with Crippen molar-refractivity contribution < 1.29 is 14.3 Å². The fraction of sp³-hybridized carbons (Fsp3) is 0.467. The minimum atomic E-state index is -0.557. The van der Waals surface area contributed by atoms with Gasteiger partial charge in [0.25, 0.3) is 0 Å². The summed E-state index contributed by atoms with van der Waals surface area (Å²) in [6.07, 6.45) is 1.55. The molecule has 0 saturated carbocycles. The maximum atomic E-state index is 12.5. The topological polar surface area (TPSA) is 53.4 Å². The monoisotopic (exact) mass is 308 g/mol. The second kappa shape index (κ2) is 5.60. The number of carbonyl (C=O) groups excluding carboxylic acids is 1. The molecule has 0 aliphatic carbocycles. The number of methoxy groups -OCH3 is 1. The molecule has 2 aromatic rings. The van der Waals surface area contributed by atoms with Crippen molar-refractivity contribution in [2.45, 2.75) is 38.2 Å². The zero-order valence-electron chi connectivity index (χ0n) is 13.2. The van der Waals surface area contributed by atoms with Gasteiger partial charge in [0.15, 0.2) is 5.65 Å². The molecule has 0 fully saturated rings. The molecule has 0 aromatic carbocycles. The number of rotatable bonds is 2. The van der Waals surface area contributed by atoms with E-state index in [1.54, 1.807) is 24.9 Å². The normalized spacial score (nSPS) is 11.7. The van der Waals surface area contributed by atoms with E-state index in [4.69, 9.17) is 9.47 Å². The zero-order chi connectivity index (χ0) is 15.8. The lowest BCUT2D eigenvalue weighted by molar-refractivity contribution is 0.0540. The van der Waals surface area contributed by atoms with Crippen LogP contribution in [0.3, 0.4) is 0 Å². The Kier molecular flexibility index (Phi) is 4.18. The van der Waals surface area contributed by atoms with Crippen molar-refractivity contribution in [2.24, 2.45) is 0 Å². The summed E-state index contributed by atoms with van der Waals surface area (Å²) in [5.74, 6) is 0.470. The van der Waals surface area contributed by atoms with Gasteiger partial charge in [0.2, 0.25) is 5.88 Å². The van der Waals surface area contributed by atoms with Crippen molar-refractivity contribution in [3.05, 3.63) is 17.8 Å². The van der Waals surface area contributed by atoms with E-state index in [1.807, 2.05) is 40.0 Å². The third kappa shape index (κ3) is 3.00. The predicted molar refractivity (Wildman–Crippen MR) is 84.4 cm³/mol. The van der Waals surface area contributed by atoms with E-state index in [9.17, 15) is 4.79 Å². The largest absolute Gasteiger partial charge is 0.481 e. The second-order valence-corrected chi connectivity index (χ2v) is 6.48. The number of carbonyl (C=O) groups is 1. The van der Waals surface area contributed by atoms with Gasteiger partial charge < -0.3 is 9.47 Å². The molecule has 6 heteroatoms. The van der Waals surface area contributed by atoms with Gasteiger partial charge in [-0.05, 0) is 40.0 Å². The number of ether oxygens (including phenoxy) is 2. The summed E-state index contributed by atoms with van der Waals surface area (Å²) < 4.78 is 12.1. The van der Waals surface area contributed by atoms with E-state index in [-0.39, 0.29) is 0 Å². The summed E-state index contributed by atoms with van der Waals surface area (Å²) in [5.41, 5.74) is 0.830. The molecule has 2 rings (SSSR count). The summed E-state index contributed by atoms with van der Waals surface area (Å²) in [6, 6.07) is 3.71. The number of hydrogen-bond donors (Lipinski definition) is 0. The Morgan fingerprint density at radius 3 is 2.52 bits per heavy atom. The van der Waals surface area contributed by atoms with Crippen molar-refractivity contribution in [2.75, 3.05) is 13.4 Å². The molecule has 0 aliphatic heterocycles. The molecule has 5 nitrogen and oxygen atoms in total. The van der Waals surface area contributed by atoms with Crippen LogP contribution in [0, 0.1) is 6.92 Å². The number of aromatic nitrogens is 2. The Morgan fingerprint density at radius 2 is 2.00 bits per heavy atom. The average molecular weight is 308 g/mol. The van der Waals surface area contributed by atoms with Crippen molar-refractivity contribution in [3.63, 3.8) is 0 Å². The predicted octanol–water partition coefficient (Wildman–Crippen LogP) is 3.86. The van der Waals surface area contributed by atoms with Crippen molar-refractivity contribution >= 4 is 28.9 Å². The van der Waals surface area contributed by atoms with E-state index in [1.165, 1.54) is 4.57 Å². The van der Waals surface area contributed by atoms with Crippen LogP contribution in [0.2, 0.25) is 0 Å². The Labute approximate surface area is 128 Å². The van der Waals surface area contributed by atoms with Gasteiger partial charge in [0.1, 0.15) is 5.60 Å². The maximum Gasteiger partial charge on any atom is 0.420 e. The molecule has 114 valence electrons. The Morgan fingerprint density at radius 1 is 1.33 bits per heavy atom. The Balaban J connectivity index is 2.66.